The van der Waals surface area contributed by atoms with Crippen LogP contribution < -0.4 is 0 Å². The van der Waals surface area contributed by atoms with E-state index in [1.165, 1.54) is 44.9 Å². The molecule has 0 aromatic carbocycles. The predicted octanol–water partition coefficient (Wildman–Crippen LogP) is 3.58. The van der Waals surface area contributed by atoms with Crippen LogP contribution >= 0.6 is 11.6 Å². The van der Waals surface area contributed by atoms with Crippen LogP contribution in [-0.4, -0.2) is 29.3 Å². The molecule has 2 aliphatic rings. The lowest BCUT2D eigenvalue weighted by Crippen LogP contribution is -2.45. The van der Waals surface area contributed by atoms with Crippen LogP contribution in [0.3, 0.4) is 0 Å². The summed E-state index contributed by atoms with van der Waals surface area (Å²) in [6.45, 7) is 0.875. The smallest absolute Gasteiger partial charge is 0.223 e. The molecule has 2 nitrogen and oxygen atoms in total. The van der Waals surface area contributed by atoms with E-state index in [0.29, 0.717) is 23.7 Å². The van der Waals surface area contributed by atoms with Gasteiger partial charge in [0.15, 0.2) is 0 Å². The van der Waals surface area contributed by atoms with Crippen molar-refractivity contribution in [2.45, 2.75) is 63.8 Å². The van der Waals surface area contributed by atoms with E-state index in [9.17, 15) is 4.79 Å². The molecular weight excluding hydrogens is 234 g/mol. The molecule has 0 N–H and O–H groups in total. The van der Waals surface area contributed by atoms with Gasteiger partial charge in [-0.1, -0.05) is 12.8 Å². The van der Waals surface area contributed by atoms with Gasteiger partial charge < -0.3 is 4.90 Å². The van der Waals surface area contributed by atoms with Crippen LogP contribution in [0.2, 0.25) is 0 Å². The molecule has 0 saturated heterocycles. The maximum absolute atomic E-state index is 12.3. The second-order valence-corrected chi connectivity index (χ2v) is 5.95. The zero-order chi connectivity index (χ0) is 12.1. The van der Waals surface area contributed by atoms with Crippen molar-refractivity contribution in [2.24, 2.45) is 5.92 Å². The summed E-state index contributed by atoms with van der Waals surface area (Å²) in [5.74, 6) is 1.73. The van der Waals surface area contributed by atoms with Crippen molar-refractivity contribution < 1.29 is 4.79 Å². The summed E-state index contributed by atoms with van der Waals surface area (Å²) >= 11 is 5.75. The molecule has 98 valence electrons. The molecule has 0 aromatic heterocycles. The average Bonchev–Trinajstić information content (AvgIpc) is 2.73. The van der Waals surface area contributed by atoms with Gasteiger partial charge in [0.2, 0.25) is 5.91 Å². The Bertz CT molecular complexity index is 247. The second-order valence-electron chi connectivity index (χ2n) is 5.57. The van der Waals surface area contributed by atoms with Gasteiger partial charge in [0, 0.05) is 24.9 Å². The number of carbonyl (C=O) groups excluding carboxylic acids is 1. The van der Waals surface area contributed by atoms with Gasteiger partial charge in [-0.15, -0.1) is 11.6 Å². The lowest BCUT2D eigenvalue weighted by Gasteiger charge is -2.38. The zero-order valence-electron chi connectivity index (χ0n) is 10.7. The van der Waals surface area contributed by atoms with E-state index < -0.39 is 0 Å². The fraction of sp³-hybridized carbons (Fsp3) is 0.929. The lowest BCUT2D eigenvalue weighted by atomic mass is 9.90. The van der Waals surface area contributed by atoms with Crippen LogP contribution in [-0.2, 0) is 4.79 Å². The summed E-state index contributed by atoms with van der Waals surface area (Å²) in [4.78, 5) is 14.5. The monoisotopic (exact) mass is 257 g/mol. The number of hydrogen-bond donors (Lipinski definition) is 0. The molecule has 2 rings (SSSR count). The molecule has 0 spiro atoms. The van der Waals surface area contributed by atoms with Crippen LogP contribution in [0.5, 0.6) is 0 Å². The summed E-state index contributed by atoms with van der Waals surface area (Å²) in [7, 11) is 0. The molecule has 17 heavy (non-hydrogen) atoms. The van der Waals surface area contributed by atoms with Crippen molar-refractivity contribution in [1.29, 1.82) is 0 Å². The fourth-order valence-corrected chi connectivity index (χ4v) is 3.14. The third kappa shape index (κ3) is 3.61. The van der Waals surface area contributed by atoms with Crippen molar-refractivity contribution in [3.8, 4) is 0 Å². The van der Waals surface area contributed by atoms with Crippen LogP contribution in [0.1, 0.15) is 57.8 Å². The second kappa shape index (κ2) is 6.63. The third-order valence-corrected chi connectivity index (χ3v) is 4.57. The first-order valence-corrected chi connectivity index (χ1v) is 7.70. The number of hydrogen-bond acceptors (Lipinski definition) is 1. The highest BCUT2D eigenvalue weighted by Gasteiger charge is 2.30. The predicted molar refractivity (Wildman–Crippen MR) is 71.3 cm³/mol. The van der Waals surface area contributed by atoms with Gasteiger partial charge in [0.25, 0.3) is 0 Å². The minimum atomic E-state index is 0.395. The minimum absolute atomic E-state index is 0.395. The largest absolute Gasteiger partial charge is 0.340 e. The van der Waals surface area contributed by atoms with E-state index in [1.807, 2.05) is 0 Å². The van der Waals surface area contributed by atoms with E-state index >= 15 is 0 Å². The molecule has 2 saturated carbocycles. The van der Waals surface area contributed by atoms with Crippen molar-refractivity contribution >= 4 is 17.5 Å². The van der Waals surface area contributed by atoms with Crippen molar-refractivity contribution in [1.82, 2.24) is 4.90 Å². The summed E-state index contributed by atoms with van der Waals surface area (Å²) in [6.07, 6.45) is 10.6. The van der Waals surface area contributed by atoms with E-state index in [1.54, 1.807) is 0 Å². The summed E-state index contributed by atoms with van der Waals surface area (Å²) in [5, 5.41) is 0. The highest BCUT2D eigenvalue weighted by Crippen LogP contribution is 2.30. The van der Waals surface area contributed by atoms with Crippen molar-refractivity contribution in [3.63, 3.8) is 0 Å². The normalized spacial score (nSPS) is 21.5. The molecule has 0 aliphatic heterocycles. The summed E-state index contributed by atoms with van der Waals surface area (Å²) < 4.78 is 0. The van der Waals surface area contributed by atoms with Crippen LogP contribution in [0.25, 0.3) is 0 Å². The highest BCUT2D eigenvalue weighted by atomic mass is 35.5. The molecule has 0 unspecified atom stereocenters. The van der Waals surface area contributed by atoms with Gasteiger partial charge in [-0.2, -0.15) is 0 Å². The molecule has 1 amide bonds. The molecule has 0 heterocycles. The number of rotatable bonds is 6. The third-order valence-electron chi connectivity index (χ3n) is 4.31. The van der Waals surface area contributed by atoms with Crippen molar-refractivity contribution in [2.75, 3.05) is 12.4 Å². The van der Waals surface area contributed by atoms with E-state index in [-0.39, 0.29) is 0 Å². The molecule has 0 bridgehead atoms. The Hall–Kier alpha value is -0.240. The Balaban J connectivity index is 1.82. The number of halogens is 1. The Morgan fingerprint density at radius 3 is 2.35 bits per heavy atom. The number of nitrogens with zero attached hydrogens (tertiary/aromatic N) is 1. The van der Waals surface area contributed by atoms with Gasteiger partial charge in [0.1, 0.15) is 0 Å². The van der Waals surface area contributed by atoms with Crippen LogP contribution in [0.4, 0.5) is 0 Å². The van der Waals surface area contributed by atoms with E-state index in [2.05, 4.69) is 4.90 Å². The quantitative estimate of drug-likeness (QED) is 0.666. The van der Waals surface area contributed by atoms with Crippen molar-refractivity contribution in [3.05, 3.63) is 0 Å². The molecule has 0 aromatic rings. The van der Waals surface area contributed by atoms with Gasteiger partial charge in [-0.25, -0.2) is 0 Å². The SMILES string of the molecule is O=C(CC1CCCC1)N(CCCCl)C1CCC1. The summed E-state index contributed by atoms with van der Waals surface area (Å²) in [5.41, 5.74) is 0. The Morgan fingerprint density at radius 1 is 1.12 bits per heavy atom. The summed E-state index contributed by atoms with van der Waals surface area (Å²) in [6, 6.07) is 0.534. The Kier molecular flexibility index (Phi) is 5.15. The molecule has 2 fully saturated rings. The van der Waals surface area contributed by atoms with Gasteiger partial charge >= 0.3 is 0 Å². The van der Waals surface area contributed by atoms with E-state index in [4.69, 9.17) is 11.6 Å². The topological polar surface area (TPSA) is 20.3 Å². The first-order valence-electron chi connectivity index (χ1n) is 7.16. The van der Waals surface area contributed by atoms with Gasteiger partial charge in [0.05, 0.1) is 0 Å². The first kappa shape index (κ1) is 13.2. The lowest BCUT2D eigenvalue weighted by molar-refractivity contribution is -0.136. The molecule has 2 aliphatic carbocycles. The van der Waals surface area contributed by atoms with E-state index in [0.717, 1.165) is 19.4 Å². The number of alkyl halides is 1. The number of amides is 1. The van der Waals surface area contributed by atoms with Gasteiger partial charge in [-0.05, 0) is 44.4 Å². The fourth-order valence-electron chi connectivity index (χ4n) is 3.02. The first-order chi connectivity index (χ1) is 8.31. The minimum Gasteiger partial charge on any atom is -0.340 e. The Morgan fingerprint density at radius 2 is 1.82 bits per heavy atom. The molecular formula is C14H24ClNO. The molecule has 0 atom stereocenters. The number of carbonyl (C=O) groups is 1. The Labute approximate surface area is 110 Å². The van der Waals surface area contributed by atoms with Gasteiger partial charge in [-0.3, -0.25) is 4.79 Å². The maximum Gasteiger partial charge on any atom is 0.223 e. The maximum atomic E-state index is 12.3. The van der Waals surface area contributed by atoms with Crippen LogP contribution in [0, 0.1) is 5.92 Å². The molecule has 3 heteroatoms. The molecule has 0 radical (unpaired) electrons. The highest BCUT2D eigenvalue weighted by molar-refractivity contribution is 6.17. The zero-order valence-corrected chi connectivity index (χ0v) is 11.4. The standard InChI is InChI=1S/C14H24ClNO/c15-9-4-10-16(13-7-3-8-13)14(17)11-12-5-1-2-6-12/h12-13H,1-11H2. The average molecular weight is 258 g/mol. The van der Waals surface area contributed by atoms with Crippen LogP contribution in [0.15, 0.2) is 0 Å².